The summed E-state index contributed by atoms with van der Waals surface area (Å²) in [6.07, 6.45) is 3.63. The van der Waals surface area contributed by atoms with Gasteiger partial charge in [-0.25, -0.2) is 9.18 Å². The average Bonchev–Trinajstić information content (AvgIpc) is 3.33. The first kappa shape index (κ1) is 24.5. The number of amides is 1. The Labute approximate surface area is 196 Å². The number of halogens is 2. The first-order valence-corrected chi connectivity index (χ1v) is 12.5. The molecule has 3 rings (SSSR count). The van der Waals surface area contributed by atoms with E-state index < -0.39 is 27.8 Å². The molecular weight excluding hydrogens is 483 g/mol. The van der Waals surface area contributed by atoms with Crippen molar-refractivity contribution < 1.29 is 18.5 Å². The molecule has 5 nitrogen and oxygen atoms in total. The van der Waals surface area contributed by atoms with Crippen LogP contribution in [0.4, 0.5) is 9.18 Å². The largest absolute Gasteiger partial charge is 0.591 e. The highest BCUT2D eigenvalue weighted by molar-refractivity contribution is 9.10. The Kier molecular flexibility index (Phi) is 6.86. The molecule has 0 N–H and O–H groups in total. The number of benzene rings is 1. The number of hydrogen-bond donors (Lipinski definition) is 0. The second-order valence-corrected chi connectivity index (χ2v) is 13.4. The summed E-state index contributed by atoms with van der Waals surface area (Å²) in [4.78, 5) is 14.8. The van der Waals surface area contributed by atoms with E-state index in [1.165, 1.54) is 0 Å². The van der Waals surface area contributed by atoms with Crippen molar-refractivity contribution in [1.29, 1.82) is 0 Å². The minimum absolute atomic E-state index is 0.102. The minimum Gasteiger partial charge on any atom is -0.591 e. The van der Waals surface area contributed by atoms with E-state index in [9.17, 15) is 13.7 Å². The zero-order valence-corrected chi connectivity index (χ0v) is 21.5. The van der Waals surface area contributed by atoms with E-state index in [0.717, 1.165) is 12.8 Å². The van der Waals surface area contributed by atoms with Crippen LogP contribution >= 0.6 is 15.9 Å². The van der Waals surface area contributed by atoms with Crippen molar-refractivity contribution in [1.82, 2.24) is 4.90 Å². The van der Waals surface area contributed by atoms with Crippen LogP contribution in [0.25, 0.3) is 0 Å². The normalized spacial score (nSPS) is 24.1. The Morgan fingerprint density at radius 2 is 2.00 bits per heavy atom. The Hall–Kier alpha value is -1.12. The molecule has 1 aromatic carbocycles. The van der Waals surface area contributed by atoms with Crippen LogP contribution in [0.1, 0.15) is 59.9 Å². The van der Waals surface area contributed by atoms with Crippen LogP contribution in [0.3, 0.4) is 0 Å². The van der Waals surface area contributed by atoms with Gasteiger partial charge in [0.05, 0.1) is 10.7 Å². The molecule has 2 aliphatic rings. The molecule has 0 aromatic heterocycles. The fourth-order valence-corrected chi connectivity index (χ4v) is 5.01. The summed E-state index contributed by atoms with van der Waals surface area (Å²) >= 11 is 1.86. The average molecular weight is 515 g/mol. The van der Waals surface area contributed by atoms with Gasteiger partial charge in [-0.15, -0.1) is 0 Å². The van der Waals surface area contributed by atoms with Crippen LogP contribution in [0, 0.1) is 17.2 Å². The van der Waals surface area contributed by atoms with E-state index in [4.69, 9.17) is 4.74 Å². The number of nitrogens with zero attached hydrogens (tertiary/aromatic N) is 2. The van der Waals surface area contributed by atoms with Gasteiger partial charge in [0, 0.05) is 18.5 Å². The van der Waals surface area contributed by atoms with Gasteiger partial charge in [-0.1, -0.05) is 16.5 Å². The SMILES string of the molecule is CC(C)(C)OC(=O)N1CC2(CC2)C(/C=N\[S@+]([O-])C(C)(C)C)[C@H]1Cc1cccc(Br)c1F. The Balaban J connectivity index is 1.95. The van der Waals surface area contributed by atoms with Crippen molar-refractivity contribution in [2.24, 2.45) is 15.7 Å². The molecule has 1 heterocycles. The fraction of sp³-hybridized carbons (Fsp3) is 0.652. The zero-order valence-electron chi connectivity index (χ0n) is 19.1. The lowest BCUT2D eigenvalue weighted by atomic mass is 9.86. The monoisotopic (exact) mass is 514 g/mol. The summed E-state index contributed by atoms with van der Waals surface area (Å²) in [5.41, 5.74) is -0.199. The molecule has 1 amide bonds. The first-order chi connectivity index (χ1) is 14.2. The lowest BCUT2D eigenvalue weighted by Crippen LogP contribution is -2.43. The van der Waals surface area contributed by atoms with Crippen molar-refractivity contribution >= 4 is 39.6 Å². The molecule has 1 unspecified atom stereocenters. The van der Waals surface area contributed by atoms with E-state index in [0.29, 0.717) is 23.0 Å². The van der Waals surface area contributed by atoms with Gasteiger partial charge in [-0.2, -0.15) is 0 Å². The summed E-state index contributed by atoms with van der Waals surface area (Å²) in [6.45, 7) is 11.7. The van der Waals surface area contributed by atoms with Gasteiger partial charge >= 0.3 is 6.09 Å². The van der Waals surface area contributed by atoms with Crippen LogP contribution in [0.5, 0.6) is 0 Å². The van der Waals surface area contributed by atoms with Crippen molar-refractivity contribution in [3.63, 3.8) is 0 Å². The van der Waals surface area contributed by atoms with Crippen LogP contribution < -0.4 is 0 Å². The van der Waals surface area contributed by atoms with Crippen molar-refractivity contribution in [2.75, 3.05) is 6.54 Å². The van der Waals surface area contributed by atoms with Gasteiger partial charge in [0.25, 0.3) is 0 Å². The van der Waals surface area contributed by atoms with Crippen molar-refractivity contribution in [3.8, 4) is 0 Å². The van der Waals surface area contributed by atoms with Gasteiger partial charge < -0.3 is 14.2 Å². The Bertz CT molecular complexity index is 861. The molecular formula is C23H32BrFN2O3S. The summed E-state index contributed by atoms with van der Waals surface area (Å²) in [7, 11) is 0. The standard InChI is InChI=1S/C23H32BrFN2O3S/c1-21(2,3)30-20(28)27-14-23(10-11-23)16(13-26-31(29)22(4,5)6)18(27)12-15-8-7-9-17(24)19(15)25/h7-9,13,16,18H,10-12,14H2,1-6H3/b26-13-/t16?,18-,31-/m1/s1. The lowest BCUT2D eigenvalue weighted by Gasteiger charge is -2.30. The predicted octanol–water partition coefficient (Wildman–Crippen LogP) is 5.68. The molecule has 172 valence electrons. The summed E-state index contributed by atoms with van der Waals surface area (Å²) in [6, 6.07) is 4.88. The van der Waals surface area contributed by atoms with Gasteiger partial charge in [0.1, 0.15) is 27.5 Å². The second-order valence-electron chi connectivity index (χ2n) is 10.6. The quantitative estimate of drug-likeness (QED) is 0.383. The highest BCUT2D eigenvalue weighted by Crippen LogP contribution is 2.58. The number of rotatable bonds is 4. The van der Waals surface area contributed by atoms with E-state index in [-0.39, 0.29) is 23.2 Å². The van der Waals surface area contributed by atoms with Crippen LogP contribution in [-0.4, -0.2) is 44.7 Å². The maximum absolute atomic E-state index is 14.8. The van der Waals surface area contributed by atoms with Crippen LogP contribution in [0.15, 0.2) is 27.1 Å². The Morgan fingerprint density at radius 1 is 1.35 bits per heavy atom. The molecule has 1 aliphatic carbocycles. The summed E-state index contributed by atoms with van der Waals surface area (Å²) in [5, 5.41) is 0. The number of ether oxygens (including phenoxy) is 1. The molecule has 1 saturated heterocycles. The van der Waals surface area contributed by atoms with Gasteiger partial charge in [0.15, 0.2) is 0 Å². The molecule has 1 aromatic rings. The van der Waals surface area contributed by atoms with Gasteiger partial charge in [-0.3, -0.25) is 0 Å². The smallest absolute Gasteiger partial charge is 0.410 e. The van der Waals surface area contributed by atoms with E-state index in [1.807, 2.05) is 41.5 Å². The molecule has 0 bridgehead atoms. The maximum Gasteiger partial charge on any atom is 0.410 e. The molecule has 1 spiro atoms. The Morgan fingerprint density at radius 3 is 2.55 bits per heavy atom. The third-order valence-corrected chi connectivity index (χ3v) is 7.80. The summed E-state index contributed by atoms with van der Waals surface area (Å²) in [5.74, 6) is -0.429. The highest BCUT2D eigenvalue weighted by atomic mass is 79.9. The number of hydrogen-bond acceptors (Lipinski definition) is 4. The zero-order chi connectivity index (χ0) is 23.2. The number of carbonyl (C=O) groups excluding carboxylic acids is 1. The van der Waals surface area contributed by atoms with E-state index in [1.54, 1.807) is 29.3 Å². The fourth-order valence-electron chi connectivity index (χ4n) is 4.04. The number of carbonyl (C=O) groups is 1. The molecule has 1 saturated carbocycles. The molecule has 0 radical (unpaired) electrons. The van der Waals surface area contributed by atoms with Crippen LogP contribution in [-0.2, 0) is 22.5 Å². The van der Waals surface area contributed by atoms with Crippen molar-refractivity contribution in [3.05, 3.63) is 34.1 Å². The highest BCUT2D eigenvalue weighted by Gasteiger charge is 2.60. The van der Waals surface area contributed by atoms with Gasteiger partial charge in [0.2, 0.25) is 0 Å². The van der Waals surface area contributed by atoms with Crippen molar-refractivity contribution in [2.45, 2.75) is 77.2 Å². The lowest BCUT2D eigenvalue weighted by molar-refractivity contribution is 0.0213. The first-order valence-electron chi connectivity index (χ1n) is 10.6. The third-order valence-electron chi connectivity index (χ3n) is 5.83. The third kappa shape index (κ3) is 5.63. The molecule has 2 fully saturated rings. The molecule has 8 heteroatoms. The molecule has 31 heavy (non-hydrogen) atoms. The molecule has 1 aliphatic heterocycles. The van der Waals surface area contributed by atoms with Gasteiger partial charge in [-0.05, 0) is 93.8 Å². The minimum atomic E-state index is -1.39. The predicted molar refractivity (Wildman–Crippen MR) is 126 cm³/mol. The van der Waals surface area contributed by atoms with E-state index in [2.05, 4.69) is 20.3 Å². The van der Waals surface area contributed by atoms with E-state index >= 15 is 0 Å². The topological polar surface area (TPSA) is 65.0 Å². The maximum atomic E-state index is 14.8. The molecule has 3 atom stereocenters. The number of likely N-dealkylation sites (tertiary alicyclic amines) is 1. The summed E-state index contributed by atoms with van der Waals surface area (Å²) < 4.78 is 37.3. The second kappa shape index (κ2) is 8.67. The van der Waals surface area contributed by atoms with Crippen LogP contribution in [0.2, 0.25) is 0 Å².